The van der Waals surface area contributed by atoms with Gasteiger partial charge in [-0.15, -0.1) is 0 Å². The standard InChI is InChI=1S/C25H38O4/c1-5-28-15-14-25(27)13-10-22-20-7-6-18-16-19(29-17(2)26)8-11-23(18,3)21(20)9-12-24(22,25)4/h18-22,27H,5-13,16H2,1-4H3/t18-,19-,20+,21-,22-,23-,24-,25+/m0/s1. The molecule has 4 heteroatoms. The fourth-order valence-electron chi connectivity index (χ4n) is 7.97. The van der Waals surface area contributed by atoms with Gasteiger partial charge in [-0.25, -0.2) is 0 Å². The lowest BCUT2D eigenvalue weighted by Gasteiger charge is -2.61. The number of hydrogen-bond acceptors (Lipinski definition) is 4. The molecule has 4 rings (SSSR count). The van der Waals surface area contributed by atoms with Gasteiger partial charge in [0.05, 0.1) is 6.61 Å². The van der Waals surface area contributed by atoms with Crippen LogP contribution in [0.3, 0.4) is 0 Å². The molecular weight excluding hydrogens is 364 g/mol. The molecule has 29 heavy (non-hydrogen) atoms. The Morgan fingerprint density at radius 3 is 2.55 bits per heavy atom. The highest BCUT2D eigenvalue weighted by molar-refractivity contribution is 5.66. The molecular formula is C25H38O4. The smallest absolute Gasteiger partial charge is 0.302 e. The maximum absolute atomic E-state index is 11.5. The quantitative estimate of drug-likeness (QED) is 0.538. The van der Waals surface area contributed by atoms with Crippen molar-refractivity contribution in [3.63, 3.8) is 0 Å². The van der Waals surface area contributed by atoms with Crippen molar-refractivity contribution in [1.82, 2.24) is 0 Å². The van der Waals surface area contributed by atoms with Gasteiger partial charge in [-0.05, 0) is 99.7 Å². The molecule has 0 heterocycles. The number of fused-ring (bicyclic) bond motifs is 5. The van der Waals surface area contributed by atoms with E-state index in [1.54, 1.807) is 0 Å². The normalized spacial score (nSPS) is 48.4. The minimum Gasteiger partial charge on any atom is -0.463 e. The molecule has 4 aliphatic carbocycles. The molecule has 4 saturated carbocycles. The number of esters is 1. The van der Waals surface area contributed by atoms with E-state index in [0.29, 0.717) is 29.8 Å². The number of ether oxygens (including phenoxy) is 2. The van der Waals surface area contributed by atoms with E-state index in [4.69, 9.17) is 9.47 Å². The van der Waals surface area contributed by atoms with Crippen LogP contribution in [0.2, 0.25) is 0 Å². The van der Waals surface area contributed by atoms with Crippen LogP contribution in [0.5, 0.6) is 0 Å². The van der Waals surface area contributed by atoms with E-state index in [1.807, 2.05) is 6.92 Å². The summed E-state index contributed by atoms with van der Waals surface area (Å²) in [6.45, 7) is 8.81. The Bertz CT molecular complexity index is 707. The molecule has 1 N–H and O–H groups in total. The topological polar surface area (TPSA) is 55.8 Å². The molecule has 162 valence electrons. The van der Waals surface area contributed by atoms with Crippen molar-refractivity contribution in [3.05, 3.63) is 0 Å². The Labute approximate surface area is 176 Å². The number of hydrogen-bond donors (Lipinski definition) is 1. The summed E-state index contributed by atoms with van der Waals surface area (Å²) in [4.78, 5) is 11.4. The first-order valence-corrected chi connectivity index (χ1v) is 11.8. The van der Waals surface area contributed by atoms with Gasteiger partial charge in [0, 0.05) is 12.3 Å². The highest BCUT2D eigenvalue weighted by atomic mass is 16.5. The van der Waals surface area contributed by atoms with Crippen LogP contribution in [0.4, 0.5) is 0 Å². The van der Waals surface area contributed by atoms with Crippen molar-refractivity contribution in [2.45, 2.75) is 97.2 Å². The van der Waals surface area contributed by atoms with Crippen molar-refractivity contribution >= 4 is 5.97 Å². The third kappa shape index (κ3) is 3.29. The Morgan fingerprint density at radius 1 is 1.07 bits per heavy atom. The summed E-state index contributed by atoms with van der Waals surface area (Å²) < 4.78 is 10.8. The van der Waals surface area contributed by atoms with E-state index < -0.39 is 5.60 Å². The number of aliphatic hydroxyl groups is 1. The molecule has 0 aliphatic heterocycles. The summed E-state index contributed by atoms with van der Waals surface area (Å²) >= 11 is 0. The first-order valence-electron chi connectivity index (χ1n) is 11.8. The van der Waals surface area contributed by atoms with Gasteiger partial charge in [0.25, 0.3) is 0 Å². The van der Waals surface area contributed by atoms with E-state index in [-0.39, 0.29) is 17.5 Å². The molecule has 0 radical (unpaired) electrons. The second-order valence-corrected chi connectivity index (χ2v) is 10.7. The van der Waals surface area contributed by atoms with Crippen molar-refractivity contribution in [3.8, 4) is 12.0 Å². The molecule has 8 atom stereocenters. The highest BCUT2D eigenvalue weighted by Gasteiger charge is 2.64. The van der Waals surface area contributed by atoms with Gasteiger partial charge in [-0.2, -0.15) is 0 Å². The fraction of sp³-hybridized carbons (Fsp3) is 0.880. The van der Waals surface area contributed by atoms with E-state index in [9.17, 15) is 9.90 Å². The maximum Gasteiger partial charge on any atom is 0.302 e. The third-order valence-corrected chi connectivity index (χ3v) is 9.58. The highest BCUT2D eigenvalue weighted by Crippen LogP contribution is 2.68. The van der Waals surface area contributed by atoms with Crippen molar-refractivity contribution in [2.75, 3.05) is 6.61 Å². The van der Waals surface area contributed by atoms with Gasteiger partial charge in [0.15, 0.2) is 0 Å². The summed E-state index contributed by atoms with van der Waals surface area (Å²) in [5, 5.41) is 11.5. The van der Waals surface area contributed by atoms with Gasteiger partial charge in [-0.1, -0.05) is 13.8 Å². The van der Waals surface area contributed by atoms with Gasteiger partial charge < -0.3 is 14.6 Å². The van der Waals surface area contributed by atoms with Crippen LogP contribution < -0.4 is 0 Å². The predicted octanol–water partition coefficient (Wildman–Crippen LogP) is 4.69. The molecule has 0 aromatic rings. The van der Waals surface area contributed by atoms with Crippen LogP contribution in [0, 0.1) is 46.5 Å². The zero-order valence-corrected chi connectivity index (χ0v) is 18.6. The molecule has 4 aliphatic rings. The third-order valence-electron chi connectivity index (χ3n) is 9.58. The zero-order chi connectivity index (χ0) is 20.9. The first kappa shape index (κ1) is 21.0. The average molecular weight is 403 g/mol. The molecule has 4 fully saturated rings. The molecule has 0 unspecified atom stereocenters. The fourth-order valence-corrected chi connectivity index (χ4v) is 7.97. The summed E-state index contributed by atoms with van der Waals surface area (Å²) in [5.41, 5.74) is -0.697. The number of carbonyl (C=O) groups excluding carboxylic acids is 1. The summed E-state index contributed by atoms with van der Waals surface area (Å²) in [6, 6.07) is 0. The second kappa shape index (κ2) is 7.49. The van der Waals surface area contributed by atoms with Crippen LogP contribution >= 0.6 is 0 Å². The lowest BCUT2D eigenvalue weighted by Crippen LogP contribution is -2.56. The lowest BCUT2D eigenvalue weighted by atomic mass is 9.44. The van der Waals surface area contributed by atoms with Gasteiger partial charge in [0.2, 0.25) is 0 Å². The van der Waals surface area contributed by atoms with E-state index >= 15 is 0 Å². The average Bonchev–Trinajstić information content (AvgIpc) is 2.93. The number of carbonyl (C=O) groups is 1. The Hall–Kier alpha value is -1.21. The van der Waals surface area contributed by atoms with Crippen LogP contribution in [0.15, 0.2) is 0 Å². The number of rotatable bonds is 2. The molecule has 0 amide bonds. The Balaban J connectivity index is 1.53. The second-order valence-electron chi connectivity index (χ2n) is 10.7. The van der Waals surface area contributed by atoms with Crippen molar-refractivity contribution in [1.29, 1.82) is 0 Å². The van der Waals surface area contributed by atoms with Gasteiger partial charge >= 0.3 is 5.97 Å². The molecule has 0 bridgehead atoms. The molecule has 0 aromatic carbocycles. The van der Waals surface area contributed by atoms with Crippen LogP contribution in [0.1, 0.15) is 85.5 Å². The van der Waals surface area contributed by atoms with Crippen LogP contribution in [-0.4, -0.2) is 29.4 Å². The maximum atomic E-state index is 11.5. The van der Waals surface area contributed by atoms with Gasteiger partial charge in [-0.3, -0.25) is 4.79 Å². The Morgan fingerprint density at radius 2 is 1.83 bits per heavy atom. The summed E-state index contributed by atoms with van der Waals surface area (Å²) in [6.07, 6.45) is 12.6. The van der Waals surface area contributed by atoms with E-state index in [2.05, 4.69) is 25.9 Å². The summed E-state index contributed by atoms with van der Waals surface area (Å²) in [7, 11) is 0. The largest absolute Gasteiger partial charge is 0.463 e. The predicted molar refractivity (Wildman–Crippen MR) is 112 cm³/mol. The lowest BCUT2D eigenvalue weighted by molar-refractivity contribution is -0.164. The van der Waals surface area contributed by atoms with Crippen molar-refractivity contribution < 1.29 is 19.4 Å². The minimum atomic E-state index is -0.914. The Kier molecular flexibility index (Phi) is 5.43. The SMILES string of the molecule is CCOC#C[C@]1(O)CC[C@H]2[C@@H]3CC[C@H]4C[C@@H](OC(C)=O)CC[C@]4(C)[C@H]3CC[C@@]21C. The zero-order valence-electron chi connectivity index (χ0n) is 18.6. The van der Waals surface area contributed by atoms with E-state index in [1.165, 1.54) is 26.2 Å². The molecule has 0 aromatic heterocycles. The molecule has 0 saturated heterocycles. The first-order chi connectivity index (χ1) is 13.7. The van der Waals surface area contributed by atoms with E-state index in [0.717, 1.165) is 44.4 Å². The molecule has 4 nitrogen and oxygen atoms in total. The monoisotopic (exact) mass is 402 g/mol. The minimum absolute atomic E-state index is 0.112. The van der Waals surface area contributed by atoms with Gasteiger partial charge in [0.1, 0.15) is 17.8 Å². The summed E-state index contributed by atoms with van der Waals surface area (Å²) in [5.74, 6) is 5.59. The van der Waals surface area contributed by atoms with Crippen LogP contribution in [0.25, 0.3) is 0 Å². The van der Waals surface area contributed by atoms with Crippen LogP contribution in [-0.2, 0) is 14.3 Å². The molecule has 0 spiro atoms. The van der Waals surface area contributed by atoms with Crippen molar-refractivity contribution in [2.24, 2.45) is 34.5 Å².